The molecule has 0 aliphatic rings. The number of nitrogens with two attached hydrogens (primary N) is 1. The number of hydrogen-bond donors (Lipinski definition) is 3. The molecule has 10 heteroatoms. The summed E-state index contributed by atoms with van der Waals surface area (Å²) >= 11 is 0. The summed E-state index contributed by atoms with van der Waals surface area (Å²) in [5, 5.41) is 3.58. The van der Waals surface area contributed by atoms with Crippen molar-refractivity contribution in [3.8, 4) is 0 Å². The van der Waals surface area contributed by atoms with Crippen molar-refractivity contribution in [1.82, 2.24) is 19.8 Å². The number of pyridine rings is 1. The molecule has 19 heavy (non-hydrogen) atoms. The summed E-state index contributed by atoms with van der Waals surface area (Å²) in [5.74, 6) is 5.87. The summed E-state index contributed by atoms with van der Waals surface area (Å²) in [6.07, 6.45) is 2.87. The molecule has 0 saturated carbocycles. The molecule has 0 fully saturated rings. The lowest BCUT2D eigenvalue weighted by Crippen LogP contribution is -2.26. The fourth-order valence-corrected chi connectivity index (χ4v) is 2.38. The van der Waals surface area contributed by atoms with Crippen LogP contribution in [0.25, 0.3) is 0 Å². The average molecular weight is 284 g/mol. The van der Waals surface area contributed by atoms with E-state index < -0.39 is 10.0 Å². The number of hydrogen-bond acceptors (Lipinski definition) is 8. The van der Waals surface area contributed by atoms with E-state index in [1.165, 1.54) is 24.7 Å². The maximum absolute atomic E-state index is 12.0. The van der Waals surface area contributed by atoms with E-state index in [1.54, 1.807) is 0 Å². The molecule has 0 radical (unpaired) electrons. The molecular weight excluding hydrogens is 272 g/mol. The van der Waals surface area contributed by atoms with Gasteiger partial charge in [-0.05, 0) is 6.07 Å². The Balaban J connectivity index is 2.01. The predicted octanol–water partition coefficient (Wildman–Crippen LogP) is -0.729. The Bertz CT molecular complexity index is 627. The van der Waals surface area contributed by atoms with Crippen molar-refractivity contribution >= 4 is 15.8 Å². The molecule has 0 bridgehead atoms. The molecule has 2 heterocycles. The van der Waals surface area contributed by atoms with Crippen LogP contribution in [0.15, 0.2) is 34.1 Å². The first-order valence-corrected chi connectivity index (χ1v) is 6.78. The zero-order valence-electron chi connectivity index (χ0n) is 9.78. The fourth-order valence-electron chi connectivity index (χ4n) is 1.34. The lowest BCUT2D eigenvalue weighted by Gasteiger charge is -2.06. The normalized spacial score (nSPS) is 11.4. The standard InChI is InChI=1S/C9H12N6O3S/c10-14-9-5-7(1-3-11-9)19(16,17)13-4-2-8-12-6-18-15-8/h1,3,5-6,13H,2,4,10H2,(H,11,14). The predicted molar refractivity (Wildman–Crippen MR) is 65.2 cm³/mol. The molecule has 0 amide bonds. The van der Waals surface area contributed by atoms with Gasteiger partial charge in [0.25, 0.3) is 0 Å². The second kappa shape index (κ2) is 5.73. The van der Waals surface area contributed by atoms with Gasteiger partial charge in [-0.3, -0.25) is 0 Å². The molecule has 0 saturated heterocycles. The van der Waals surface area contributed by atoms with Crippen LogP contribution in [-0.2, 0) is 16.4 Å². The van der Waals surface area contributed by atoms with Crippen LogP contribution in [-0.4, -0.2) is 30.1 Å². The van der Waals surface area contributed by atoms with Gasteiger partial charge in [-0.15, -0.1) is 0 Å². The van der Waals surface area contributed by atoms with E-state index in [2.05, 4.69) is 29.8 Å². The summed E-state index contributed by atoms with van der Waals surface area (Å²) in [5.41, 5.74) is 2.28. The quantitative estimate of drug-likeness (QED) is 0.466. The number of nitrogen functional groups attached to an aromatic ring is 1. The summed E-state index contributed by atoms with van der Waals surface area (Å²) in [4.78, 5) is 7.69. The van der Waals surface area contributed by atoms with Gasteiger partial charge in [0.1, 0.15) is 5.82 Å². The monoisotopic (exact) mass is 284 g/mol. The third-order valence-electron chi connectivity index (χ3n) is 2.24. The Hall–Kier alpha value is -2.04. The summed E-state index contributed by atoms with van der Waals surface area (Å²) in [6, 6.07) is 2.70. The molecule has 0 atom stereocenters. The van der Waals surface area contributed by atoms with Crippen LogP contribution in [0.1, 0.15) is 5.82 Å². The number of nitrogens with zero attached hydrogens (tertiary/aromatic N) is 3. The smallest absolute Gasteiger partial charge is 0.240 e. The summed E-state index contributed by atoms with van der Waals surface area (Å²) < 4.78 is 30.9. The third-order valence-corrected chi connectivity index (χ3v) is 3.70. The first-order chi connectivity index (χ1) is 9.12. The molecule has 2 rings (SSSR count). The lowest BCUT2D eigenvalue weighted by molar-refractivity contribution is 0.410. The van der Waals surface area contributed by atoms with Crippen molar-refractivity contribution in [2.45, 2.75) is 11.3 Å². The Kier molecular flexibility index (Phi) is 4.04. The zero-order valence-corrected chi connectivity index (χ0v) is 10.6. The van der Waals surface area contributed by atoms with Gasteiger partial charge < -0.3 is 9.95 Å². The molecule has 4 N–H and O–H groups in total. The minimum Gasteiger partial charge on any atom is -0.343 e. The second-order valence-corrected chi connectivity index (χ2v) is 5.28. The van der Waals surface area contributed by atoms with Crippen molar-refractivity contribution < 1.29 is 12.9 Å². The molecule has 0 aromatic carbocycles. The van der Waals surface area contributed by atoms with Crippen molar-refractivity contribution in [2.24, 2.45) is 5.84 Å². The Morgan fingerprint density at radius 3 is 2.89 bits per heavy atom. The Labute approximate surface area is 109 Å². The maximum atomic E-state index is 12.0. The van der Waals surface area contributed by atoms with E-state index >= 15 is 0 Å². The summed E-state index contributed by atoms with van der Waals surface area (Å²) in [6.45, 7) is 0.162. The van der Waals surface area contributed by atoms with Crippen LogP contribution in [0.5, 0.6) is 0 Å². The van der Waals surface area contributed by atoms with Crippen molar-refractivity contribution in [1.29, 1.82) is 0 Å². The SMILES string of the molecule is NNc1cc(S(=O)(=O)NCCc2ncon2)ccn1. The first-order valence-electron chi connectivity index (χ1n) is 5.29. The van der Waals surface area contributed by atoms with E-state index in [1.807, 2.05) is 0 Å². The number of rotatable bonds is 6. The highest BCUT2D eigenvalue weighted by Gasteiger charge is 2.14. The van der Waals surface area contributed by atoms with Crippen LogP contribution in [0.2, 0.25) is 0 Å². The number of nitrogens with one attached hydrogen (secondary N) is 2. The molecule has 0 aliphatic heterocycles. The van der Waals surface area contributed by atoms with Crippen LogP contribution in [0.3, 0.4) is 0 Å². The van der Waals surface area contributed by atoms with E-state index in [4.69, 9.17) is 5.84 Å². The van der Waals surface area contributed by atoms with Crippen molar-refractivity contribution in [2.75, 3.05) is 12.0 Å². The van der Waals surface area contributed by atoms with E-state index in [-0.39, 0.29) is 17.3 Å². The Morgan fingerprint density at radius 1 is 1.37 bits per heavy atom. The largest absolute Gasteiger partial charge is 0.343 e. The fraction of sp³-hybridized carbons (Fsp3) is 0.222. The molecular formula is C9H12N6O3S. The summed E-state index contributed by atoms with van der Waals surface area (Å²) in [7, 11) is -3.62. The highest BCUT2D eigenvalue weighted by molar-refractivity contribution is 7.89. The van der Waals surface area contributed by atoms with Gasteiger partial charge in [-0.25, -0.2) is 24.0 Å². The van der Waals surface area contributed by atoms with Gasteiger partial charge in [0.15, 0.2) is 5.82 Å². The van der Waals surface area contributed by atoms with Gasteiger partial charge in [-0.1, -0.05) is 5.16 Å². The number of anilines is 1. The zero-order chi connectivity index (χ0) is 13.7. The van der Waals surface area contributed by atoms with E-state index in [0.29, 0.717) is 12.2 Å². The molecule has 0 spiro atoms. The van der Waals surface area contributed by atoms with Gasteiger partial charge in [0.2, 0.25) is 16.4 Å². The van der Waals surface area contributed by atoms with Gasteiger partial charge in [0.05, 0.1) is 4.90 Å². The highest BCUT2D eigenvalue weighted by atomic mass is 32.2. The molecule has 2 aromatic rings. The molecule has 9 nitrogen and oxygen atoms in total. The molecule has 2 aromatic heterocycles. The molecule has 0 aliphatic carbocycles. The highest BCUT2D eigenvalue weighted by Crippen LogP contribution is 2.11. The van der Waals surface area contributed by atoms with Crippen LogP contribution in [0.4, 0.5) is 5.82 Å². The molecule has 102 valence electrons. The number of aromatic nitrogens is 3. The maximum Gasteiger partial charge on any atom is 0.240 e. The number of sulfonamides is 1. The third kappa shape index (κ3) is 3.47. The van der Waals surface area contributed by atoms with Gasteiger partial charge in [-0.2, -0.15) is 4.98 Å². The van der Waals surface area contributed by atoms with Crippen molar-refractivity contribution in [3.05, 3.63) is 30.5 Å². The molecule has 0 unspecified atom stereocenters. The van der Waals surface area contributed by atoms with E-state index in [9.17, 15) is 8.42 Å². The van der Waals surface area contributed by atoms with Crippen LogP contribution < -0.4 is 16.0 Å². The van der Waals surface area contributed by atoms with Crippen LogP contribution >= 0.6 is 0 Å². The average Bonchev–Trinajstić information content (AvgIpc) is 2.92. The second-order valence-electron chi connectivity index (χ2n) is 3.52. The lowest BCUT2D eigenvalue weighted by atomic mass is 10.4. The minimum absolute atomic E-state index is 0.0727. The van der Waals surface area contributed by atoms with E-state index in [0.717, 1.165) is 0 Å². The number of hydrazine groups is 1. The first kappa shape index (κ1) is 13.4. The van der Waals surface area contributed by atoms with Crippen LogP contribution in [0, 0.1) is 0 Å². The van der Waals surface area contributed by atoms with Gasteiger partial charge in [0, 0.05) is 25.2 Å². The van der Waals surface area contributed by atoms with Gasteiger partial charge >= 0.3 is 0 Å². The minimum atomic E-state index is -3.62. The topological polar surface area (TPSA) is 136 Å². The van der Waals surface area contributed by atoms with Crippen molar-refractivity contribution in [3.63, 3.8) is 0 Å². The Morgan fingerprint density at radius 2 is 2.21 bits per heavy atom.